The van der Waals surface area contributed by atoms with Gasteiger partial charge in [0.25, 0.3) is 5.91 Å². The molecule has 0 fully saturated rings. The van der Waals surface area contributed by atoms with Crippen LogP contribution in [0.3, 0.4) is 0 Å². The van der Waals surface area contributed by atoms with E-state index in [9.17, 15) is 4.79 Å². The molecule has 0 aliphatic rings. The smallest absolute Gasteiger partial charge is 0.266 e. The maximum absolute atomic E-state index is 11.1. The van der Waals surface area contributed by atoms with Crippen LogP contribution in [0.5, 0.6) is 0 Å². The summed E-state index contributed by atoms with van der Waals surface area (Å²) in [6, 6.07) is 7.85. The van der Waals surface area contributed by atoms with Gasteiger partial charge in [0.15, 0.2) is 0 Å². The Morgan fingerprint density at radius 2 is 2.38 bits per heavy atom. The molecule has 0 saturated carbocycles. The van der Waals surface area contributed by atoms with E-state index in [1.165, 1.54) is 0 Å². The van der Waals surface area contributed by atoms with Crippen LogP contribution in [0, 0.1) is 6.92 Å². The molecule has 0 spiro atoms. The first-order valence-electron chi connectivity index (χ1n) is 5.18. The van der Waals surface area contributed by atoms with E-state index in [0.29, 0.717) is 6.61 Å². The Bertz CT molecular complexity index is 375. The van der Waals surface area contributed by atoms with Crippen molar-refractivity contribution < 1.29 is 9.53 Å². The number of carbonyl (C=O) groups is 1. The number of aryl methyl sites for hydroxylation is 1. The fourth-order valence-electron chi connectivity index (χ4n) is 1.16. The van der Waals surface area contributed by atoms with Gasteiger partial charge in [-0.3, -0.25) is 4.79 Å². The van der Waals surface area contributed by atoms with Crippen molar-refractivity contribution in [2.75, 3.05) is 13.2 Å². The van der Waals surface area contributed by atoms with Crippen molar-refractivity contribution in [2.24, 2.45) is 5.10 Å². The molecule has 4 heteroatoms. The van der Waals surface area contributed by atoms with E-state index in [1.54, 1.807) is 6.21 Å². The molecule has 0 aromatic heterocycles. The molecule has 4 nitrogen and oxygen atoms in total. The normalized spacial score (nSPS) is 10.6. The second-order valence-electron chi connectivity index (χ2n) is 3.34. The highest BCUT2D eigenvalue weighted by Gasteiger charge is 1.96. The lowest BCUT2D eigenvalue weighted by atomic mass is 10.2. The van der Waals surface area contributed by atoms with Crippen molar-refractivity contribution in [3.63, 3.8) is 0 Å². The van der Waals surface area contributed by atoms with Gasteiger partial charge >= 0.3 is 0 Å². The van der Waals surface area contributed by atoms with Gasteiger partial charge in [-0.05, 0) is 19.4 Å². The van der Waals surface area contributed by atoms with Crippen molar-refractivity contribution >= 4 is 12.1 Å². The van der Waals surface area contributed by atoms with Crippen LogP contribution in [0.4, 0.5) is 0 Å². The average molecular weight is 220 g/mol. The van der Waals surface area contributed by atoms with Crippen LogP contribution in [0.25, 0.3) is 0 Å². The maximum atomic E-state index is 11.1. The van der Waals surface area contributed by atoms with Gasteiger partial charge in [-0.2, -0.15) is 5.10 Å². The number of hydrogen-bond acceptors (Lipinski definition) is 3. The zero-order valence-electron chi connectivity index (χ0n) is 9.56. The van der Waals surface area contributed by atoms with Crippen LogP contribution in [0.15, 0.2) is 29.4 Å². The number of benzene rings is 1. The highest BCUT2D eigenvalue weighted by atomic mass is 16.5. The molecule has 0 heterocycles. The van der Waals surface area contributed by atoms with Gasteiger partial charge < -0.3 is 4.74 Å². The first-order valence-corrected chi connectivity index (χ1v) is 5.18. The standard InChI is InChI=1S/C12H16N2O2/c1-3-16-9-12(15)14-13-8-11-6-4-5-10(2)7-11/h4-8H,3,9H2,1-2H3,(H,14,15)/b13-8+. The van der Waals surface area contributed by atoms with Crippen molar-refractivity contribution in [1.29, 1.82) is 0 Å². The summed E-state index contributed by atoms with van der Waals surface area (Å²) in [5, 5.41) is 3.83. The topological polar surface area (TPSA) is 50.7 Å². The van der Waals surface area contributed by atoms with Crippen molar-refractivity contribution in [3.05, 3.63) is 35.4 Å². The largest absolute Gasteiger partial charge is 0.372 e. The molecule has 0 atom stereocenters. The zero-order chi connectivity index (χ0) is 11.8. The quantitative estimate of drug-likeness (QED) is 0.603. The summed E-state index contributed by atoms with van der Waals surface area (Å²) in [5.41, 5.74) is 4.50. The van der Waals surface area contributed by atoms with E-state index in [-0.39, 0.29) is 12.5 Å². The van der Waals surface area contributed by atoms with Crippen LogP contribution >= 0.6 is 0 Å². The number of hydrogen-bond donors (Lipinski definition) is 1. The molecule has 16 heavy (non-hydrogen) atoms. The van der Waals surface area contributed by atoms with E-state index in [2.05, 4.69) is 10.5 Å². The number of rotatable bonds is 5. The van der Waals surface area contributed by atoms with E-state index in [4.69, 9.17) is 4.74 Å². The zero-order valence-corrected chi connectivity index (χ0v) is 9.56. The molecule has 86 valence electrons. The summed E-state index contributed by atoms with van der Waals surface area (Å²) in [4.78, 5) is 11.1. The second kappa shape index (κ2) is 6.74. The van der Waals surface area contributed by atoms with Crippen LogP contribution in [-0.4, -0.2) is 25.3 Å². The Morgan fingerprint density at radius 3 is 3.06 bits per heavy atom. The molecule has 1 aromatic rings. The van der Waals surface area contributed by atoms with E-state index in [0.717, 1.165) is 11.1 Å². The van der Waals surface area contributed by atoms with Crippen molar-refractivity contribution in [2.45, 2.75) is 13.8 Å². The van der Waals surface area contributed by atoms with Gasteiger partial charge in [0.1, 0.15) is 6.61 Å². The third-order valence-corrected chi connectivity index (χ3v) is 1.88. The summed E-state index contributed by atoms with van der Waals surface area (Å²) in [6.45, 7) is 4.41. The predicted octanol–water partition coefficient (Wildman–Crippen LogP) is 1.48. The van der Waals surface area contributed by atoms with Crippen LogP contribution in [0.2, 0.25) is 0 Å². The first kappa shape index (κ1) is 12.4. The molecular formula is C12H16N2O2. The fraction of sp³-hybridized carbons (Fsp3) is 0.333. The van der Waals surface area contributed by atoms with Crippen LogP contribution < -0.4 is 5.43 Å². The van der Waals surface area contributed by atoms with Crippen LogP contribution in [0.1, 0.15) is 18.1 Å². The number of hydrazone groups is 1. The van der Waals surface area contributed by atoms with Crippen molar-refractivity contribution in [1.82, 2.24) is 5.43 Å². The summed E-state index contributed by atoms with van der Waals surface area (Å²) < 4.78 is 4.93. The minimum Gasteiger partial charge on any atom is -0.372 e. The summed E-state index contributed by atoms with van der Waals surface area (Å²) in [7, 11) is 0. The third-order valence-electron chi connectivity index (χ3n) is 1.88. The molecule has 1 rings (SSSR count). The minimum absolute atomic E-state index is 0.0433. The summed E-state index contributed by atoms with van der Waals surface area (Å²) >= 11 is 0. The number of amides is 1. The Kier molecular flexibility index (Phi) is 5.22. The van der Waals surface area contributed by atoms with Crippen molar-refractivity contribution in [3.8, 4) is 0 Å². The van der Waals surface area contributed by atoms with E-state index in [1.807, 2.05) is 38.1 Å². The molecule has 0 bridgehead atoms. The summed E-state index contributed by atoms with van der Waals surface area (Å²) in [5.74, 6) is -0.245. The Balaban J connectivity index is 2.40. The van der Waals surface area contributed by atoms with E-state index < -0.39 is 0 Å². The number of nitrogens with zero attached hydrogens (tertiary/aromatic N) is 1. The van der Waals surface area contributed by atoms with E-state index >= 15 is 0 Å². The van der Waals surface area contributed by atoms with Gasteiger partial charge in [-0.25, -0.2) is 5.43 Å². The number of nitrogens with one attached hydrogen (secondary N) is 1. The lowest BCUT2D eigenvalue weighted by Gasteiger charge is -1.99. The molecule has 1 N–H and O–H groups in total. The fourth-order valence-corrected chi connectivity index (χ4v) is 1.16. The Labute approximate surface area is 95.3 Å². The lowest BCUT2D eigenvalue weighted by molar-refractivity contribution is -0.125. The lowest BCUT2D eigenvalue weighted by Crippen LogP contribution is -2.22. The highest BCUT2D eigenvalue weighted by molar-refractivity contribution is 5.82. The average Bonchev–Trinajstić information content (AvgIpc) is 2.26. The number of carbonyl (C=O) groups excluding carboxylic acids is 1. The van der Waals surface area contributed by atoms with Gasteiger partial charge in [-0.15, -0.1) is 0 Å². The molecule has 0 aliphatic carbocycles. The molecule has 0 radical (unpaired) electrons. The molecule has 0 unspecified atom stereocenters. The van der Waals surface area contributed by atoms with Gasteiger partial charge in [0.2, 0.25) is 0 Å². The third kappa shape index (κ3) is 4.70. The molecule has 1 amide bonds. The van der Waals surface area contributed by atoms with Gasteiger partial charge in [0.05, 0.1) is 6.21 Å². The summed E-state index contributed by atoms with van der Waals surface area (Å²) in [6.07, 6.45) is 1.61. The molecule has 0 aliphatic heterocycles. The SMILES string of the molecule is CCOCC(=O)N/N=C/c1cccc(C)c1. The molecule has 0 saturated heterocycles. The molecular weight excluding hydrogens is 204 g/mol. The minimum atomic E-state index is -0.245. The van der Waals surface area contributed by atoms with Gasteiger partial charge in [-0.1, -0.05) is 29.8 Å². The highest BCUT2D eigenvalue weighted by Crippen LogP contribution is 2.00. The number of ether oxygens (including phenoxy) is 1. The first-order chi connectivity index (χ1) is 7.72. The maximum Gasteiger partial charge on any atom is 0.266 e. The predicted molar refractivity (Wildman–Crippen MR) is 63.4 cm³/mol. The Hall–Kier alpha value is -1.68. The molecule has 1 aromatic carbocycles. The monoisotopic (exact) mass is 220 g/mol. The second-order valence-corrected chi connectivity index (χ2v) is 3.34. The van der Waals surface area contributed by atoms with Gasteiger partial charge in [0, 0.05) is 6.61 Å². The Morgan fingerprint density at radius 1 is 1.56 bits per heavy atom. The van der Waals surface area contributed by atoms with Crippen LogP contribution in [-0.2, 0) is 9.53 Å².